The SMILES string of the molecule is NN=C(c1ccc2c(=O)[nH]nc([O-])c2c1)c1ccc2c(=O)[nH]nc([O-])c2c1. The molecular formula is C17H10N6O4-2. The third-order valence-electron chi connectivity index (χ3n) is 4.18. The highest BCUT2D eigenvalue weighted by Crippen LogP contribution is 2.23. The minimum absolute atomic E-state index is 0.112. The van der Waals surface area contributed by atoms with Crippen molar-refractivity contribution in [2.24, 2.45) is 10.9 Å². The number of hydrazone groups is 1. The van der Waals surface area contributed by atoms with Crippen molar-refractivity contribution in [1.82, 2.24) is 20.4 Å². The Hall–Kier alpha value is -4.21. The molecule has 0 atom stereocenters. The van der Waals surface area contributed by atoms with Gasteiger partial charge in [-0.25, -0.2) is 10.2 Å². The fraction of sp³-hybridized carbons (Fsp3) is 0. The number of hydrogen-bond acceptors (Lipinski definition) is 8. The van der Waals surface area contributed by atoms with E-state index in [-0.39, 0.29) is 27.3 Å². The van der Waals surface area contributed by atoms with Crippen LogP contribution in [-0.4, -0.2) is 26.1 Å². The monoisotopic (exact) mass is 362 g/mol. The van der Waals surface area contributed by atoms with Crippen LogP contribution in [0.15, 0.2) is 51.1 Å². The summed E-state index contributed by atoms with van der Waals surface area (Å²) in [6, 6.07) is 8.96. The van der Waals surface area contributed by atoms with Crippen LogP contribution in [0.3, 0.4) is 0 Å². The van der Waals surface area contributed by atoms with E-state index in [0.29, 0.717) is 11.1 Å². The molecular weight excluding hydrogens is 352 g/mol. The molecule has 0 aliphatic carbocycles. The fourth-order valence-corrected chi connectivity index (χ4v) is 2.89. The van der Waals surface area contributed by atoms with E-state index in [0.717, 1.165) is 0 Å². The number of rotatable bonds is 2. The average molecular weight is 362 g/mol. The van der Waals surface area contributed by atoms with Crippen LogP contribution in [-0.2, 0) is 0 Å². The van der Waals surface area contributed by atoms with E-state index in [1.807, 2.05) is 0 Å². The minimum Gasteiger partial charge on any atom is -0.857 e. The number of H-pyrrole nitrogens is 2. The number of nitrogens with zero attached hydrogens (tertiary/aromatic N) is 3. The highest BCUT2D eigenvalue weighted by atomic mass is 16.3. The predicted molar refractivity (Wildman–Crippen MR) is 93.4 cm³/mol. The molecule has 4 N–H and O–H groups in total. The molecule has 134 valence electrons. The van der Waals surface area contributed by atoms with Crippen LogP contribution in [0.25, 0.3) is 21.5 Å². The van der Waals surface area contributed by atoms with E-state index in [9.17, 15) is 19.8 Å². The molecule has 0 radical (unpaired) electrons. The molecule has 2 aromatic carbocycles. The second-order valence-electron chi connectivity index (χ2n) is 5.71. The molecule has 10 nitrogen and oxygen atoms in total. The molecule has 0 aliphatic rings. The van der Waals surface area contributed by atoms with Gasteiger partial charge in [0.15, 0.2) is 0 Å². The topological polar surface area (TPSA) is 176 Å². The summed E-state index contributed by atoms with van der Waals surface area (Å²) in [5.74, 6) is 4.33. The standard InChI is InChI=1S/C17H12N6O4/c18-19-13(7-1-3-9-11(5-7)16(26)22-20-14(9)24)8-2-4-10-12(6-8)17(27)23-21-15(10)25/h1-6H,18H2,(H,20,24)(H,21,25)(H,22,26)(H,23,27)/p-2. The zero-order chi connectivity index (χ0) is 19.1. The molecule has 0 fully saturated rings. The first-order valence-electron chi connectivity index (χ1n) is 7.67. The molecule has 27 heavy (non-hydrogen) atoms. The largest absolute Gasteiger partial charge is 0.857 e. The molecule has 0 unspecified atom stereocenters. The Balaban J connectivity index is 1.93. The molecule has 4 rings (SSSR count). The van der Waals surface area contributed by atoms with Crippen LogP contribution >= 0.6 is 0 Å². The Kier molecular flexibility index (Phi) is 3.58. The number of nitrogens with one attached hydrogen (secondary N) is 2. The maximum Gasteiger partial charge on any atom is 0.271 e. The van der Waals surface area contributed by atoms with Crippen molar-refractivity contribution < 1.29 is 10.2 Å². The van der Waals surface area contributed by atoms with E-state index in [2.05, 4.69) is 25.5 Å². The fourth-order valence-electron chi connectivity index (χ4n) is 2.89. The Morgan fingerprint density at radius 3 is 1.67 bits per heavy atom. The van der Waals surface area contributed by atoms with Gasteiger partial charge in [0.1, 0.15) is 0 Å². The van der Waals surface area contributed by atoms with Crippen molar-refractivity contribution in [3.05, 3.63) is 68.2 Å². The van der Waals surface area contributed by atoms with Gasteiger partial charge in [-0.15, -0.1) is 0 Å². The van der Waals surface area contributed by atoms with Gasteiger partial charge in [-0.2, -0.15) is 15.3 Å². The zero-order valence-electron chi connectivity index (χ0n) is 13.5. The lowest BCUT2D eigenvalue weighted by molar-refractivity contribution is -0.273. The summed E-state index contributed by atoms with van der Waals surface area (Å²) in [5, 5.41) is 39.3. The van der Waals surface area contributed by atoms with E-state index in [1.54, 1.807) is 12.1 Å². The normalized spacial score (nSPS) is 11.0. The van der Waals surface area contributed by atoms with E-state index in [1.165, 1.54) is 24.3 Å². The number of aromatic nitrogens is 4. The van der Waals surface area contributed by atoms with Gasteiger partial charge in [0.25, 0.3) is 11.1 Å². The van der Waals surface area contributed by atoms with Crippen molar-refractivity contribution in [2.75, 3.05) is 0 Å². The minimum atomic E-state index is -0.598. The summed E-state index contributed by atoms with van der Waals surface area (Å²) in [7, 11) is 0. The summed E-state index contributed by atoms with van der Waals surface area (Å²) in [6.45, 7) is 0. The van der Waals surface area contributed by atoms with E-state index < -0.39 is 22.9 Å². The van der Waals surface area contributed by atoms with Crippen molar-refractivity contribution in [1.29, 1.82) is 0 Å². The van der Waals surface area contributed by atoms with Gasteiger partial charge < -0.3 is 16.1 Å². The zero-order valence-corrected chi connectivity index (χ0v) is 13.5. The van der Waals surface area contributed by atoms with E-state index >= 15 is 0 Å². The summed E-state index contributed by atoms with van der Waals surface area (Å²) in [4.78, 5) is 23.6. The Labute approximate surface area is 149 Å². The highest BCUT2D eigenvalue weighted by molar-refractivity contribution is 6.15. The van der Waals surface area contributed by atoms with E-state index in [4.69, 9.17) is 5.84 Å². The first-order valence-corrected chi connectivity index (χ1v) is 7.67. The lowest BCUT2D eigenvalue weighted by Gasteiger charge is -2.13. The summed E-state index contributed by atoms with van der Waals surface area (Å²) < 4.78 is 0. The van der Waals surface area contributed by atoms with Crippen molar-refractivity contribution >= 4 is 27.3 Å². The first kappa shape index (κ1) is 16.3. The molecule has 0 spiro atoms. The quantitative estimate of drug-likeness (QED) is 0.233. The first-order chi connectivity index (χ1) is 13.0. The van der Waals surface area contributed by atoms with Crippen LogP contribution < -0.4 is 27.2 Å². The van der Waals surface area contributed by atoms with Crippen LogP contribution in [0.2, 0.25) is 0 Å². The van der Waals surface area contributed by atoms with Crippen LogP contribution in [0.1, 0.15) is 11.1 Å². The molecule has 0 bridgehead atoms. The lowest BCUT2D eigenvalue weighted by Crippen LogP contribution is -2.14. The Morgan fingerprint density at radius 1 is 0.815 bits per heavy atom. The molecule has 0 saturated heterocycles. The molecule has 0 aliphatic heterocycles. The molecule has 4 aromatic rings. The van der Waals surface area contributed by atoms with Gasteiger partial charge in [-0.1, -0.05) is 12.1 Å². The summed E-state index contributed by atoms with van der Waals surface area (Å²) in [6.07, 6.45) is 0. The third-order valence-corrected chi connectivity index (χ3v) is 4.18. The number of fused-ring (bicyclic) bond motifs is 2. The smallest absolute Gasteiger partial charge is 0.271 e. The molecule has 2 heterocycles. The second kappa shape index (κ2) is 5.95. The molecule has 0 saturated carbocycles. The number of hydrogen-bond donors (Lipinski definition) is 3. The van der Waals surface area contributed by atoms with Gasteiger partial charge in [-0.05, 0) is 24.3 Å². The second-order valence-corrected chi connectivity index (χ2v) is 5.71. The van der Waals surface area contributed by atoms with Gasteiger partial charge in [0.05, 0.1) is 5.71 Å². The van der Waals surface area contributed by atoms with Crippen LogP contribution in [0, 0.1) is 0 Å². The number of aromatic amines is 2. The molecule has 2 aromatic heterocycles. The van der Waals surface area contributed by atoms with Crippen molar-refractivity contribution in [3.8, 4) is 11.8 Å². The third kappa shape index (κ3) is 2.56. The average Bonchev–Trinajstić information content (AvgIpc) is 2.68. The van der Waals surface area contributed by atoms with Crippen molar-refractivity contribution in [3.63, 3.8) is 0 Å². The Morgan fingerprint density at radius 2 is 1.26 bits per heavy atom. The van der Waals surface area contributed by atoms with Crippen LogP contribution in [0.5, 0.6) is 11.8 Å². The van der Waals surface area contributed by atoms with Gasteiger partial charge in [0.2, 0.25) is 0 Å². The van der Waals surface area contributed by atoms with Crippen LogP contribution in [0.4, 0.5) is 0 Å². The number of nitrogens with two attached hydrogens (primary N) is 1. The van der Waals surface area contributed by atoms with Gasteiger partial charge in [-0.3, -0.25) is 9.59 Å². The van der Waals surface area contributed by atoms with Gasteiger partial charge in [0, 0.05) is 44.4 Å². The number of benzene rings is 2. The highest BCUT2D eigenvalue weighted by Gasteiger charge is 2.12. The lowest BCUT2D eigenvalue weighted by atomic mass is 9.98. The summed E-state index contributed by atoms with van der Waals surface area (Å²) >= 11 is 0. The molecule has 10 heteroatoms. The predicted octanol–water partition coefficient (Wildman–Crippen LogP) is -0.982. The summed E-state index contributed by atoms with van der Waals surface area (Å²) in [5.41, 5.74) is 0.167. The Bertz CT molecular complexity index is 1250. The van der Waals surface area contributed by atoms with Crippen molar-refractivity contribution in [2.45, 2.75) is 0 Å². The molecule has 0 amide bonds. The van der Waals surface area contributed by atoms with Gasteiger partial charge >= 0.3 is 0 Å². The maximum atomic E-state index is 11.9. The maximum absolute atomic E-state index is 11.9.